The number of nitrogens with zero attached hydrogens (tertiary/aromatic N) is 1. The van der Waals surface area contributed by atoms with Gasteiger partial charge in [0.05, 0.1) is 0 Å². The summed E-state index contributed by atoms with van der Waals surface area (Å²) in [6.45, 7) is 7.91. The van der Waals surface area contributed by atoms with Crippen molar-refractivity contribution in [3.05, 3.63) is 35.4 Å². The van der Waals surface area contributed by atoms with Crippen LogP contribution in [0.2, 0.25) is 0 Å². The molecule has 3 nitrogen and oxygen atoms in total. The van der Waals surface area contributed by atoms with E-state index in [1.165, 1.54) is 51.0 Å². The van der Waals surface area contributed by atoms with Crippen LogP contribution in [0.15, 0.2) is 29.4 Å². The van der Waals surface area contributed by atoms with E-state index in [9.17, 15) is 0 Å². The summed E-state index contributed by atoms with van der Waals surface area (Å²) in [4.78, 5) is 0. The lowest BCUT2D eigenvalue weighted by Gasteiger charge is -2.21. The molecular formula is C18H32N2O. The Bertz CT molecular complexity index is 375. The molecule has 1 saturated carbocycles. The molecule has 0 saturated heterocycles. The van der Waals surface area contributed by atoms with Gasteiger partial charge in [0, 0.05) is 0 Å². The first-order chi connectivity index (χ1) is 10.0. The molecule has 3 N–H and O–H groups in total. The molecule has 0 aromatic heterocycles. The Morgan fingerprint density at radius 1 is 1.14 bits per heavy atom. The van der Waals surface area contributed by atoms with Crippen LogP contribution in [0, 0.1) is 6.92 Å². The average molecular weight is 292 g/mol. The molecule has 2 rings (SSSR count). The van der Waals surface area contributed by atoms with Crippen LogP contribution in [0.5, 0.6) is 0 Å². The third-order valence-corrected chi connectivity index (χ3v) is 3.31. The quantitative estimate of drug-likeness (QED) is 0.323. The summed E-state index contributed by atoms with van der Waals surface area (Å²) in [5, 5.41) is 10.2. The van der Waals surface area contributed by atoms with Gasteiger partial charge in [0.2, 0.25) is 0 Å². The van der Waals surface area contributed by atoms with E-state index < -0.39 is 0 Å². The Labute approximate surface area is 130 Å². The maximum absolute atomic E-state index is 7.61. The van der Waals surface area contributed by atoms with Crippen LogP contribution < -0.4 is 5.73 Å². The smallest absolute Gasteiger partial charge is 0.135 e. The van der Waals surface area contributed by atoms with Crippen molar-refractivity contribution in [2.75, 3.05) is 0 Å². The Morgan fingerprint density at radius 2 is 1.57 bits per heavy atom. The molecule has 0 amide bonds. The zero-order valence-electron chi connectivity index (χ0n) is 14.1. The molecule has 120 valence electrons. The maximum Gasteiger partial charge on any atom is 0.135 e. The van der Waals surface area contributed by atoms with E-state index in [1.54, 1.807) is 5.56 Å². The molecule has 0 heterocycles. The standard InChI is InChI=1S/C13H18.C3H8.C2H6N2O/c1-11-7-9-13(10-8-11)12-5-3-2-4-6-12;1-3-2;1-2(3)4-5/h7-10,12H,2-6H2,1H3;3H2,1-2H3;5H,1H3,(H2,3,4). The van der Waals surface area contributed by atoms with Gasteiger partial charge in [0.1, 0.15) is 5.84 Å². The first-order valence-electron chi connectivity index (χ1n) is 8.05. The molecule has 0 aliphatic heterocycles. The molecule has 21 heavy (non-hydrogen) atoms. The van der Waals surface area contributed by atoms with E-state index in [0.29, 0.717) is 0 Å². The molecule has 1 aliphatic rings. The Hall–Kier alpha value is -1.51. The molecule has 3 heteroatoms. The molecule has 0 bridgehead atoms. The minimum Gasteiger partial charge on any atom is -0.409 e. The fourth-order valence-electron chi connectivity index (χ4n) is 2.27. The number of hydrogen-bond donors (Lipinski definition) is 2. The van der Waals surface area contributed by atoms with Gasteiger partial charge in [-0.3, -0.25) is 0 Å². The van der Waals surface area contributed by atoms with Crippen molar-refractivity contribution in [3.8, 4) is 0 Å². The van der Waals surface area contributed by atoms with Gasteiger partial charge in [-0.05, 0) is 38.2 Å². The highest BCUT2D eigenvalue weighted by molar-refractivity contribution is 5.76. The van der Waals surface area contributed by atoms with Crippen LogP contribution in [0.4, 0.5) is 0 Å². The lowest BCUT2D eigenvalue weighted by molar-refractivity contribution is 0.318. The van der Waals surface area contributed by atoms with Crippen LogP contribution in [-0.4, -0.2) is 11.0 Å². The summed E-state index contributed by atoms with van der Waals surface area (Å²) in [5.41, 5.74) is 7.73. The Kier molecular flexibility index (Phi) is 11.4. The maximum atomic E-state index is 7.61. The van der Waals surface area contributed by atoms with Crippen LogP contribution >= 0.6 is 0 Å². The topological polar surface area (TPSA) is 58.6 Å². The Morgan fingerprint density at radius 3 is 1.95 bits per heavy atom. The zero-order chi connectivity index (χ0) is 16.1. The number of aryl methyl sites for hydroxylation is 1. The van der Waals surface area contributed by atoms with E-state index in [2.05, 4.69) is 50.2 Å². The molecule has 1 aliphatic carbocycles. The first-order valence-corrected chi connectivity index (χ1v) is 8.05. The molecule has 1 aromatic rings. The summed E-state index contributed by atoms with van der Waals surface area (Å²) in [6, 6.07) is 9.10. The fourth-order valence-corrected chi connectivity index (χ4v) is 2.27. The summed E-state index contributed by atoms with van der Waals surface area (Å²) < 4.78 is 0. The summed E-state index contributed by atoms with van der Waals surface area (Å²) >= 11 is 0. The van der Waals surface area contributed by atoms with Crippen molar-refractivity contribution in [2.45, 2.75) is 72.1 Å². The Balaban J connectivity index is 0.000000422. The number of oxime groups is 1. The second kappa shape index (κ2) is 12.2. The predicted molar refractivity (Wildman–Crippen MR) is 92.1 cm³/mol. The number of rotatable bonds is 1. The van der Waals surface area contributed by atoms with Gasteiger partial charge in [-0.15, -0.1) is 0 Å². The monoisotopic (exact) mass is 292 g/mol. The molecule has 0 unspecified atom stereocenters. The van der Waals surface area contributed by atoms with E-state index in [1.807, 2.05) is 0 Å². The SMILES string of the molecule is CC(N)=NO.CCC.Cc1ccc(C2CCCCC2)cc1. The largest absolute Gasteiger partial charge is 0.409 e. The first kappa shape index (κ1) is 19.5. The molecule has 1 aromatic carbocycles. The van der Waals surface area contributed by atoms with Gasteiger partial charge in [0.15, 0.2) is 0 Å². The normalized spacial score (nSPS) is 15.3. The summed E-state index contributed by atoms with van der Waals surface area (Å²) in [6.07, 6.45) is 8.37. The molecule has 0 radical (unpaired) electrons. The number of nitrogens with two attached hydrogens (primary N) is 1. The number of amidine groups is 1. The van der Waals surface area contributed by atoms with E-state index in [0.717, 1.165) is 5.92 Å². The van der Waals surface area contributed by atoms with Crippen LogP contribution in [0.3, 0.4) is 0 Å². The lowest BCUT2D eigenvalue weighted by atomic mass is 9.84. The van der Waals surface area contributed by atoms with Gasteiger partial charge < -0.3 is 10.9 Å². The minimum atomic E-state index is 0.185. The van der Waals surface area contributed by atoms with Crippen molar-refractivity contribution in [2.24, 2.45) is 10.9 Å². The molecular weight excluding hydrogens is 260 g/mol. The van der Waals surface area contributed by atoms with Gasteiger partial charge in [-0.25, -0.2) is 0 Å². The van der Waals surface area contributed by atoms with E-state index in [-0.39, 0.29) is 5.84 Å². The minimum absolute atomic E-state index is 0.185. The third kappa shape index (κ3) is 9.94. The van der Waals surface area contributed by atoms with Crippen LogP contribution in [0.1, 0.15) is 76.3 Å². The second-order valence-corrected chi connectivity index (χ2v) is 5.69. The second-order valence-electron chi connectivity index (χ2n) is 5.69. The average Bonchev–Trinajstić information content (AvgIpc) is 2.50. The van der Waals surface area contributed by atoms with Gasteiger partial charge in [-0.2, -0.15) is 0 Å². The predicted octanol–water partition coefficient (Wildman–Crippen LogP) is 5.21. The lowest BCUT2D eigenvalue weighted by Crippen LogP contribution is -2.04. The highest BCUT2D eigenvalue weighted by Crippen LogP contribution is 2.32. The van der Waals surface area contributed by atoms with Crippen molar-refractivity contribution in [1.82, 2.24) is 0 Å². The van der Waals surface area contributed by atoms with Gasteiger partial charge in [0.25, 0.3) is 0 Å². The van der Waals surface area contributed by atoms with Crippen molar-refractivity contribution in [3.63, 3.8) is 0 Å². The fraction of sp³-hybridized carbons (Fsp3) is 0.611. The summed E-state index contributed by atoms with van der Waals surface area (Å²) in [5.74, 6) is 1.04. The summed E-state index contributed by atoms with van der Waals surface area (Å²) in [7, 11) is 0. The van der Waals surface area contributed by atoms with Crippen molar-refractivity contribution in [1.29, 1.82) is 0 Å². The van der Waals surface area contributed by atoms with Crippen molar-refractivity contribution < 1.29 is 5.21 Å². The molecule has 1 fully saturated rings. The molecule has 0 atom stereocenters. The highest BCUT2D eigenvalue weighted by atomic mass is 16.4. The third-order valence-electron chi connectivity index (χ3n) is 3.31. The van der Waals surface area contributed by atoms with Crippen molar-refractivity contribution >= 4 is 5.84 Å². The zero-order valence-corrected chi connectivity index (χ0v) is 14.1. The van der Waals surface area contributed by atoms with Crippen LogP contribution in [0.25, 0.3) is 0 Å². The number of hydrogen-bond acceptors (Lipinski definition) is 2. The van der Waals surface area contributed by atoms with E-state index >= 15 is 0 Å². The van der Waals surface area contributed by atoms with Gasteiger partial charge >= 0.3 is 0 Å². The van der Waals surface area contributed by atoms with Gasteiger partial charge in [-0.1, -0.05) is 74.5 Å². The highest BCUT2D eigenvalue weighted by Gasteiger charge is 2.14. The van der Waals surface area contributed by atoms with E-state index in [4.69, 9.17) is 10.9 Å². The number of benzene rings is 1. The molecule has 0 spiro atoms. The van der Waals surface area contributed by atoms with Crippen LogP contribution in [-0.2, 0) is 0 Å².